The van der Waals surface area contributed by atoms with Crippen LogP contribution in [0.15, 0.2) is 66.2 Å². The van der Waals surface area contributed by atoms with E-state index < -0.39 is 48.2 Å². The van der Waals surface area contributed by atoms with Crippen LogP contribution < -0.4 is 21.4 Å². The number of aromatic nitrogens is 1. The topological polar surface area (TPSA) is 171 Å². The van der Waals surface area contributed by atoms with Crippen LogP contribution in [0, 0.1) is 5.92 Å². The van der Waals surface area contributed by atoms with Crippen molar-refractivity contribution in [2.75, 3.05) is 32.8 Å². The molecule has 0 saturated carbocycles. The Morgan fingerprint density at radius 2 is 1.61 bits per heavy atom. The van der Waals surface area contributed by atoms with E-state index in [0.29, 0.717) is 6.42 Å². The number of hydrogen-bond donors (Lipinski definition) is 5. The van der Waals surface area contributed by atoms with Crippen LogP contribution in [0.1, 0.15) is 31.4 Å². The van der Waals surface area contributed by atoms with Crippen molar-refractivity contribution in [3.8, 4) is 10.6 Å². The van der Waals surface area contributed by atoms with Gasteiger partial charge in [0.25, 0.3) is 5.91 Å². The van der Waals surface area contributed by atoms with Crippen LogP contribution in [-0.2, 0) is 32.0 Å². The SMILES string of the molecule is CCC(C)C(NC(=O)OC)C(=O)NC(Cc1ccccc1)C(O)CN(Cc1ccc(-c2nccs2)cc1)NC(=O)C(CSC)NC(=O)OC. The molecule has 5 unspecified atom stereocenters. The van der Waals surface area contributed by atoms with Gasteiger partial charge in [-0.1, -0.05) is 74.9 Å². The maximum atomic E-state index is 13.6. The fourth-order valence-corrected chi connectivity index (χ4v) is 6.15. The average molecular weight is 715 g/mol. The highest BCUT2D eigenvalue weighted by Gasteiger charge is 2.32. The van der Waals surface area contributed by atoms with Crippen LogP contribution in [0.3, 0.4) is 0 Å². The van der Waals surface area contributed by atoms with Crippen molar-refractivity contribution in [2.45, 2.75) is 57.5 Å². The van der Waals surface area contributed by atoms with Gasteiger partial charge < -0.3 is 30.5 Å². The molecule has 15 heteroatoms. The summed E-state index contributed by atoms with van der Waals surface area (Å²) in [7, 11) is 2.44. The molecule has 0 fully saturated rings. The van der Waals surface area contributed by atoms with E-state index in [1.165, 1.54) is 37.3 Å². The molecule has 5 atom stereocenters. The Labute approximate surface area is 295 Å². The number of hydrogen-bond acceptors (Lipinski definition) is 11. The normalized spacial score (nSPS) is 14.1. The molecule has 266 valence electrons. The van der Waals surface area contributed by atoms with Crippen LogP contribution in [0.5, 0.6) is 0 Å². The van der Waals surface area contributed by atoms with Gasteiger partial charge in [-0.2, -0.15) is 11.8 Å². The van der Waals surface area contributed by atoms with Crippen molar-refractivity contribution < 1.29 is 33.8 Å². The van der Waals surface area contributed by atoms with Crippen LogP contribution >= 0.6 is 23.1 Å². The predicted molar refractivity (Wildman–Crippen MR) is 191 cm³/mol. The van der Waals surface area contributed by atoms with Crippen molar-refractivity contribution in [3.63, 3.8) is 0 Å². The van der Waals surface area contributed by atoms with Crippen LogP contribution in [0.4, 0.5) is 9.59 Å². The number of carbonyl (C=O) groups excluding carboxylic acids is 4. The summed E-state index contributed by atoms with van der Waals surface area (Å²) in [6.45, 7) is 3.84. The molecule has 1 heterocycles. The van der Waals surface area contributed by atoms with E-state index in [9.17, 15) is 24.3 Å². The lowest BCUT2D eigenvalue weighted by Gasteiger charge is -2.33. The maximum Gasteiger partial charge on any atom is 0.407 e. The monoisotopic (exact) mass is 714 g/mol. The van der Waals surface area contributed by atoms with E-state index in [2.05, 4.69) is 26.4 Å². The summed E-state index contributed by atoms with van der Waals surface area (Å²) in [5, 5.41) is 24.2. The number of methoxy groups -OCH3 is 2. The molecule has 4 amide bonds. The third-order valence-corrected chi connectivity index (χ3v) is 9.34. The number of hydrazine groups is 1. The van der Waals surface area contributed by atoms with E-state index in [0.717, 1.165) is 21.7 Å². The summed E-state index contributed by atoms with van der Waals surface area (Å²) >= 11 is 2.89. The molecule has 3 aromatic rings. The minimum absolute atomic E-state index is 0.0968. The van der Waals surface area contributed by atoms with Gasteiger partial charge in [-0.15, -0.1) is 11.3 Å². The first-order valence-corrected chi connectivity index (χ1v) is 18.1. The number of nitrogens with zero attached hydrogens (tertiary/aromatic N) is 2. The zero-order valence-electron chi connectivity index (χ0n) is 28.4. The molecule has 0 aliphatic heterocycles. The van der Waals surface area contributed by atoms with E-state index >= 15 is 0 Å². The molecule has 0 radical (unpaired) electrons. The lowest BCUT2D eigenvalue weighted by Crippen LogP contribution is -2.59. The van der Waals surface area contributed by atoms with Crippen LogP contribution in [-0.4, -0.2) is 96.1 Å². The molecule has 1 aromatic heterocycles. The van der Waals surface area contributed by atoms with Gasteiger partial charge in [-0.25, -0.2) is 19.6 Å². The second-order valence-electron chi connectivity index (χ2n) is 11.4. The summed E-state index contributed by atoms with van der Waals surface area (Å²) in [6, 6.07) is 14.4. The quantitative estimate of drug-likeness (QED) is 0.123. The number of thioether (sulfide) groups is 1. The van der Waals surface area contributed by atoms with Crippen molar-refractivity contribution in [1.29, 1.82) is 0 Å². The van der Waals surface area contributed by atoms with Crippen molar-refractivity contribution >= 4 is 47.1 Å². The molecular weight excluding hydrogens is 669 g/mol. The van der Waals surface area contributed by atoms with Gasteiger partial charge >= 0.3 is 12.2 Å². The molecule has 5 N–H and O–H groups in total. The number of amides is 4. The highest BCUT2D eigenvalue weighted by atomic mass is 32.2. The molecule has 0 saturated heterocycles. The fraction of sp³-hybridized carbons (Fsp3) is 0.441. The summed E-state index contributed by atoms with van der Waals surface area (Å²) < 4.78 is 9.46. The third-order valence-electron chi connectivity index (χ3n) is 7.85. The van der Waals surface area contributed by atoms with Gasteiger partial charge in [0.1, 0.15) is 17.1 Å². The van der Waals surface area contributed by atoms with Gasteiger partial charge in [0, 0.05) is 36.0 Å². The number of nitrogens with one attached hydrogen (secondary N) is 4. The van der Waals surface area contributed by atoms with Crippen LogP contribution in [0.2, 0.25) is 0 Å². The van der Waals surface area contributed by atoms with Gasteiger partial charge in [0.2, 0.25) is 5.91 Å². The largest absolute Gasteiger partial charge is 0.453 e. The van der Waals surface area contributed by atoms with Crippen LogP contribution in [0.25, 0.3) is 10.6 Å². The Hall–Kier alpha value is -4.18. The Bertz CT molecular complexity index is 1460. The molecule has 0 bridgehead atoms. The van der Waals surface area contributed by atoms with E-state index in [1.807, 2.05) is 80.1 Å². The van der Waals surface area contributed by atoms with Crippen molar-refractivity contribution in [1.82, 2.24) is 31.4 Å². The minimum atomic E-state index is -1.19. The number of aliphatic hydroxyl groups excluding tert-OH is 1. The molecular formula is C34H46N6O7S2. The summed E-state index contributed by atoms with van der Waals surface area (Å²) in [5.74, 6) is -0.937. The summed E-state index contributed by atoms with van der Waals surface area (Å²) in [6.07, 6.45) is 1.73. The van der Waals surface area contributed by atoms with Gasteiger partial charge in [-0.3, -0.25) is 15.0 Å². The van der Waals surface area contributed by atoms with Gasteiger partial charge in [0.05, 0.1) is 26.4 Å². The Morgan fingerprint density at radius 1 is 0.939 bits per heavy atom. The summed E-state index contributed by atoms with van der Waals surface area (Å²) in [5.41, 5.74) is 5.50. The van der Waals surface area contributed by atoms with E-state index in [4.69, 9.17) is 9.47 Å². The zero-order chi connectivity index (χ0) is 35.8. The first-order chi connectivity index (χ1) is 23.6. The Balaban J connectivity index is 1.90. The first kappa shape index (κ1) is 39.3. The molecule has 13 nitrogen and oxygen atoms in total. The van der Waals surface area contributed by atoms with E-state index in [-0.39, 0.29) is 31.2 Å². The van der Waals surface area contributed by atoms with Crippen molar-refractivity contribution in [3.05, 3.63) is 77.3 Å². The molecule has 0 aliphatic carbocycles. The third kappa shape index (κ3) is 12.7. The molecule has 0 spiro atoms. The smallest absolute Gasteiger partial charge is 0.407 e. The minimum Gasteiger partial charge on any atom is -0.453 e. The number of alkyl carbamates (subject to hydrolysis) is 2. The number of carbonyl (C=O) groups is 4. The zero-order valence-corrected chi connectivity index (χ0v) is 30.0. The lowest BCUT2D eigenvalue weighted by molar-refractivity contribution is -0.129. The highest BCUT2D eigenvalue weighted by Crippen LogP contribution is 2.22. The number of aliphatic hydroxyl groups is 1. The fourth-order valence-electron chi connectivity index (χ4n) is 4.94. The highest BCUT2D eigenvalue weighted by molar-refractivity contribution is 7.98. The summed E-state index contributed by atoms with van der Waals surface area (Å²) in [4.78, 5) is 55.6. The number of ether oxygens (including phenoxy) is 2. The standard InChI is InChI=1S/C34H46N6O7S2/c1-6-22(2)29(38-34(45)47-4)31(43)36-26(18-23-10-8-7-9-11-23)28(41)20-40(39-30(42)27(21-48-5)37-33(44)46-3)19-24-12-14-25(15-13-24)32-35-16-17-49-32/h7-17,22,26-29,41H,6,18-21H2,1-5H3,(H,36,43)(H,37,44)(H,38,45)(H,39,42). The lowest BCUT2D eigenvalue weighted by atomic mass is 9.96. The van der Waals surface area contributed by atoms with E-state index in [1.54, 1.807) is 11.2 Å². The number of benzene rings is 2. The molecule has 0 aliphatic rings. The average Bonchev–Trinajstić information content (AvgIpc) is 3.65. The Morgan fingerprint density at radius 3 is 2.20 bits per heavy atom. The Kier molecular flexibility index (Phi) is 16.3. The second-order valence-corrected chi connectivity index (χ2v) is 13.2. The molecule has 49 heavy (non-hydrogen) atoms. The van der Waals surface area contributed by atoms with Gasteiger partial charge in [0.15, 0.2) is 0 Å². The maximum absolute atomic E-state index is 13.6. The molecule has 3 rings (SSSR count). The first-order valence-electron chi connectivity index (χ1n) is 15.8. The number of rotatable bonds is 18. The second kappa shape index (κ2) is 20.4. The number of thiazole rings is 1. The van der Waals surface area contributed by atoms with Gasteiger partial charge in [-0.05, 0) is 29.7 Å². The van der Waals surface area contributed by atoms with Crippen molar-refractivity contribution in [2.24, 2.45) is 5.92 Å². The molecule has 2 aromatic carbocycles. The predicted octanol–water partition coefficient (Wildman–Crippen LogP) is 3.59.